The third-order valence-electron chi connectivity index (χ3n) is 14.2. The molecule has 4 aromatic heterocycles. The van der Waals surface area contributed by atoms with Crippen LogP contribution in [0, 0.1) is 5.92 Å². The number of hydrogen-bond donors (Lipinski definition) is 5. The van der Waals surface area contributed by atoms with Crippen LogP contribution in [-0.2, 0) is 42.1 Å². The summed E-state index contributed by atoms with van der Waals surface area (Å²) in [7, 11) is 3.43. The number of rotatable bonds is 30. The van der Waals surface area contributed by atoms with Gasteiger partial charge in [0.2, 0.25) is 5.91 Å². The predicted molar refractivity (Wildman–Crippen MR) is 309 cm³/mol. The van der Waals surface area contributed by atoms with Gasteiger partial charge in [-0.25, -0.2) is 4.98 Å². The van der Waals surface area contributed by atoms with E-state index in [4.69, 9.17) is 9.47 Å². The molecule has 19 nitrogen and oxygen atoms in total. The van der Waals surface area contributed by atoms with Crippen molar-refractivity contribution < 1.29 is 28.7 Å². The van der Waals surface area contributed by atoms with Crippen LogP contribution in [0.1, 0.15) is 109 Å². The number of aryl methyl sites for hydroxylation is 2. The molecule has 20 heteroatoms. The number of ether oxygens (including phenoxy) is 2. The maximum Gasteiger partial charge on any atom is 0.269 e. The number of nitrogens with one attached hydrogen (secondary N) is 5. The Kier molecular flexibility index (Phi) is 22.7. The van der Waals surface area contributed by atoms with Gasteiger partial charge in [0.05, 0.1) is 60.8 Å². The Morgan fingerprint density at radius 1 is 0.861 bits per heavy atom. The molecule has 7 rings (SSSR count). The van der Waals surface area contributed by atoms with Gasteiger partial charge in [-0.05, 0) is 117 Å². The van der Waals surface area contributed by atoms with Crippen LogP contribution >= 0.6 is 11.9 Å². The first kappa shape index (κ1) is 59.4. The second-order valence-electron chi connectivity index (χ2n) is 20.0. The van der Waals surface area contributed by atoms with Crippen molar-refractivity contribution in [3.63, 3.8) is 0 Å². The number of unbranched alkanes of at least 4 members (excludes halogenated alkanes) is 1. The lowest BCUT2D eigenvalue weighted by molar-refractivity contribution is -0.129. The first-order valence-electron chi connectivity index (χ1n) is 27.7. The largest absolute Gasteiger partial charge is 0.497 e. The van der Waals surface area contributed by atoms with E-state index >= 15 is 0 Å². The summed E-state index contributed by atoms with van der Waals surface area (Å²) in [6.45, 7) is 14.6. The molecule has 1 unspecified atom stereocenters. The van der Waals surface area contributed by atoms with Gasteiger partial charge in [-0.2, -0.15) is 5.10 Å². The number of H-pyrrole nitrogens is 1. The van der Waals surface area contributed by atoms with Crippen molar-refractivity contribution in [2.45, 2.75) is 110 Å². The molecule has 1 aliphatic heterocycles. The number of aromatic nitrogens is 5. The minimum Gasteiger partial charge on any atom is -0.497 e. The van der Waals surface area contributed by atoms with Gasteiger partial charge < -0.3 is 40.2 Å². The van der Waals surface area contributed by atoms with E-state index in [0.717, 1.165) is 134 Å². The monoisotopic (exact) mass is 1100 g/mol. The Hall–Kier alpha value is -7.29. The number of aromatic amines is 1. The van der Waals surface area contributed by atoms with Crippen LogP contribution in [0.2, 0.25) is 0 Å². The normalized spacial score (nSPS) is 13.1. The summed E-state index contributed by atoms with van der Waals surface area (Å²) >= 11 is 1.14. The van der Waals surface area contributed by atoms with E-state index in [9.17, 15) is 24.0 Å². The summed E-state index contributed by atoms with van der Waals surface area (Å²) in [6, 6.07) is 20.0. The van der Waals surface area contributed by atoms with Crippen LogP contribution in [-0.4, -0.2) is 131 Å². The Balaban J connectivity index is 0.816. The fourth-order valence-electron chi connectivity index (χ4n) is 9.76. The van der Waals surface area contributed by atoms with Crippen LogP contribution in [0.3, 0.4) is 0 Å². The van der Waals surface area contributed by atoms with E-state index < -0.39 is 6.04 Å². The number of piperazine rings is 1. The van der Waals surface area contributed by atoms with Crippen LogP contribution in [0.25, 0.3) is 11.0 Å². The maximum atomic E-state index is 13.9. The average Bonchev–Trinajstić information content (AvgIpc) is 3.95. The zero-order chi connectivity index (χ0) is 56.1. The molecule has 0 radical (unpaired) electrons. The number of pyridine rings is 3. The fraction of sp³-hybridized carbons (Fsp3) is 0.458. The van der Waals surface area contributed by atoms with Crippen molar-refractivity contribution in [1.82, 2.24) is 55.2 Å². The summed E-state index contributed by atoms with van der Waals surface area (Å²) < 4.78 is 15.8. The van der Waals surface area contributed by atoms with E-state index in [-0.39, 0.29) is 41.7 Å². The van der Waals surface area contributed by atoms with Gasteiger partial charge in [0.15, 0.2) is 0 Å². The lowest BCUT2D eigenvalue weighted by atomic mass is 9.89. The topological polar surface area (TPSA) is 221 Å². The number of nitrogens with zero attached hydrogens (tertiary/aromatic N) is 7. The number of carbonyl (C=O) groups is 4. The third-order valence-corrected chi connectivity index (χ3v) is 14.9. The molecular formula is C59H78N12O7S. The maximum absolute atomic E-state index is 13.9. The Morgan fingerprint density at radius 3 is 2.41 bits per heavy atom. The second-order valence-corrected chi connectivity index (χ2v) is 20.8. The molecular weight excluding hydrogens is 1020 g/mol. The van der Waals surface area contributed by atoms with Crippen LogP contribution in [0.15, 0.2) is 101 Å². The average molecular weight is 1100 g/mol. The fourth-order valence-corrected chi connectivity index (χ4v) is 10.4. The number of amides is 4. The van der Waals surface area contributed by atoms with Crippen molar-refractivity contribution in [3.8, 4) is 11.5 Å². The first-order chi connectivity index (χ1) is 38.4. The van der Waals surface area contributed by atoms with Gasteiger partial charge in [-0.1, -0.05) is 51.8 Å². The van der Waals surface area contributed by atoms with E-state index in [2.05, 4.69) is 64.4 Å². The summed E-state index contributed by atoms with van der Waals surface area (Å²) in [5, 5.41) is 13.7. The lowest BCUT2D eigenvalue weighted by Gasteiger charge is -2.36. The standard InChI is InChI=1S/C59H78N12O7S/c1-7-14-44(15-8-2)55(66-57(74)45-18-13-17-41(30-45)16-11-12-24-68(5)54(72)38-60-35-46-19-21-48(77-6)33-53(46)78-10-4)59(76)67-79-49-37-64-71(40-49)25-23-61-58(75)50-22-20-47(36-63-50)70-28-26-69(27-29-70)39-42-31-52-51(62-34-42)32-43(9-3)56(73)65-52/h13,17-22,30-34,36-37,40,44,55,60H,7-12,14-16,23-29,35,38-39H2,1-6H3,(H,61,75)(H,65,73)(H,66,74)(H,67,76). The molecule has 1 aliphatic rings. The number of anilines is 1. The molecule has 4 amide bonds. The molecule has 2 aromatic carbocycles. The van der Waals surface area contributed by atoms with Gasteiger partial charge in [0, 0.05) is 94.6 Å². The van der Waals surface area contributed by atoms with Crippen molar-refractivity contribution in [3.05, 3.63) is 135 Å². The molecule has 0 aliphatic carbocycles. The minimum atomic E-state index is -0.748. The number of hydrogen-bond acceptors (Lipinski definition) is 14. The lowest BCUT2D eigenvalue weighted by Crippen LogP contribution is -2.49. The molecule has 422 valence electrons. The molecule has 0 spiro atoms. The van der Waals surface area contributed by atoms with E-state index in [0.29, 0.717) is 61.1 Å². The van der Waals surface area contributed by atoms with E-state index in [1.807, 2.05) is 81.7 Å². The Morgan fingerprint density at radius 2 is 1.67 bits per heavy atom. The van der Waals surface area contributed by atoms with Gasteiger partial charge in [0.25, 0.3) is 23.3 Å². The number of benzene rings is 2. The van der Waals surface area contributed by atoms with E-state index in [1.54, 1.807) is 47.4 Å². The van der Waals surface area contributed by atoms with Crippen LogP contribution < -0.4 is 40.6 Å². The highest BCUT2D eigenvalue weighted by Gasteiger charge is 2.30. The summed E-state index contributed by atoms with van der Waals surface area (Å²) in [4.78, 5) is 85.3. The SMILES string of the molecule is CCCC(CCC)C(NC(=O)c1cccc(CCCCN(C)C(=O)CNCc2ccc(OC)cc2OCC)c1)C(=O)NSc1cnn(CCNC(=O)c2ccc(N3CCN(Cc4cnc5cc(CC)c(=O)[nH]c5c4)CC3)cn2)c1. The number of likely N-dealkylation sites (N-methyl/N-ethyl adjacent to an activating group) is 1. The zero-order valence-electron chi connectivity index (χ0n) is 46.6. The van der Waals surface area contributed by atoms with Gasteiger partial charge in [-0.15, -0.1) is 0 Å². The second kappa shape index (κ2) is 30.2. The van der Waals surface area contributed by atoms with Crippen LogP contribution in [0.4, 0.5) is 5.69 Å². The molecule has 0 bridgehead atoms. The van der Waals surface area contributed by atoms with E-state index in [1.165, 1.54) is 0 Å². The van der Waals surface area contributed by atoms with Crippen molar-refractivity contribution in [1.29, 1.82) is 0 Å². The van der Waals surface area contributed by atoms with Crippen molar-refractivity contribution >= 4 is 52.3 Å². The van der Waals surface area contributed by atoms with Gasteiger partial charge in [-0.3, -0.25) is 43.3 Å². The predicted octanol–water partition coefficient (Wildman–Crippen LogP) is 6.95. The number of methoxy groups -OCH3 is 1. The highest BCUT2D eigenvalue weighted by atomic mass is 32.2. The molecule has 79 heavy (non-hydrogen) atoms. The molecule has 5 heterocycles. The summed E-state index contributed by atoms with van der Waals surface area (Å²) in [5.41, 5.74) is 6.99. The molecule has 1 atom stereocenters. The Labute approximate surface area is 468 Å². The van der Waals surface area contributed by atoms with Crippen molar-refractivity contribution in [2.24, 2.45) is 5.92 Å². The number of carbonyl (C=O) groups excluding carboxylic acids is 4. The quantitative estimate of drug-likeness (QED) is 0.0228. The third kappa shape index (κ3) is 17.4. The first-order valence-corrected chi connectivity index (χ1v) is 28.6. The molecule has 5 N–H and O–H groups in total. The van der Waals surface area contributed by atoms with Gasteiger partial charge in [0.1, 0.15) is 23.2 Å². The highest BCUT2D eigenvalue weighted by Crippen LogP contribution is 2.26. The number of fused-ring (bicyclic) bond motifs is 1. The van der Waals surface area contributed by atoms with Crippen molar-refractivity contribution in [2.75, 3.05) is 71.5 Å². The zero-order valence-corrected chi connectivity index (χ0v) is 47.5. The summed E-state index contributed by atoms with van der Waals surface area (Å²) in [5.74, 6) is 0.511. The minimum absolute atomic E-state index is 0.000280. The highest BCUT2D eigenvalue weighted by molar-refractivity contribution is 7.98. The molecule has 1 fully saturated rings. The smallest absolute Gasteiger partial charge is 0.269 e. The summed E-state index contributed by atoms with van der Waals surface area (Å²) in [6.07, 6.45) is 13.4. The molecule has 0 saturated carbocycles. The molecule has 6 aromatic rings. The van der Waals surface area contributed by atoms with Crippen LogP contribution in [0.5, 0.6) is 11.5 Å². The van der Waals surface area contributed by atoms with Gasteiger partial charge >= 0.3 is 0 Å². The Bertz CT molecular complexity index is 3010. The molecule has 1 saturated heterocycles.